The third kappa shape index (κ3) is 4.52. The zero-order valence-electron chi connectivity index (χ0n) is 14.8. The van der Waals surface area contributed by atoms with Gasteiger partial charge in [-0.2, -0.15) is 4.98 Å². The molecule has 27 heavy (non-hydrogen) atoms. The fourth-order valence-electron chi connectivity index (χ4n) is 3.31. The zero-order chi connectivity index (χ0) is 18.6. The van der Waals surface area contributed by atoms with Gasteiger partial charge in [-0.3, -0.25) is 0 Å². The first-order valence-electron chi connectivity index (χ1n) is 9.10. The first-order valence-corrected chi connectivity index (χ1v) is 9.86. The molecule has 1 aliphatic rings. The predicted molar refractivity (Wildman–Crippen MR) is 113 cm³/mol. The van der Waals surface area contributed by atoms with E-state index in [0.717, 1.165) is 29.8 Å². The fourth-order valence-corrected chi connectivity index (χ4v) is 3.61. The Morgan fingerprint density at radius 3 is 2.37 bits per heavy atom. The summed E-state index contributed by atoms with van der Waals surface area (Å²) in [5.41, 5.74) is 2.74. The standard InChI is InChI=1S/C21H20Cl2N4/c22-17-11-10-16(12-18(17)23)24-20-13-19(14-6-2-1-3-7-14)26-21(27-20)25-15-8-4-5-9-15/h1-3,6-7,10-13,15H,4-5,8-9H2,(H2,24,25,26,27). The molecule has 0 radical (unpaired) electrons. The number of nitrogens with zero attached hydrogens (tertiary/aromatic N) is 2. The molecule has 0 bridgehead atoms. The number of halogens is 2. The Labute approximate surface area is 169 Å². The smallest absolute Gasteiger partial charge is 0.225 e. The molecule has 1 fully saturated rings. The average Bonchev–Trinajstić information content (AvgIpc) is 3.18. The number of benzene rings is 2. The minimum Gasteiger partial charge on any atom is -0.351 e. The van der Waals surface area contributed by atoms with Gasteiger partial charge in [0.2, 0.25) is 5.95 Å². The molecule has 0 amide bonds. The summed E-state index contributed by atoms with van der Waals surface area (Å²) in [6, 6.07) is 17.9. The van der Waals surface area contributed by atoms with E-state index in [4.69, 9.17) is 28.2 Å². The molecule has 4 rings (SSSR count). The van der Waals surface area contributed by atoms with E-state index in [1.54, 1.807) is 12.1 Å². The van der Waals surface area contributed by atoms with Crippen LogP contribution in [0.15, 0.2) is 54.6 Å². The Kier molecular flexibility index (Phi) is 5.46. The van der Waals surface area contributed by atoms with Crippen molar-refractivity contribution in [3.8, 4) is 11.3 Å². The highest BCUT2D eigenvalue weighted by Gasteiger charge is 2.17. The van der Waals surface area contributed by atoms with E-state index in [-0.39, 0.29) is 0 Å². The Morgan fingerprint density at radius 2 is 1.63 bits per heavy atom. The van der Waals surface area contributed by atoms with Gasteiger partial charge >= 0.3 is 0 Å². The molecule has 0 saturated heterocycles. The summed E-state index contributed by atoms with van der Waals surface area (Å²) in [7, 11) is 0. The van der Waals surface area contributed by atoms with Crippen LogP contribution in [0.1, 0.15) is 25.7 Å². The number of anilines is 3. The van der Waals surface area contributed by atoms with Crippen LogP contribution >= 0.6 is 23.2 Å². The highest BCUT2D eigenvalue weighted by Crippen LogP contribution is 2.29. The minimum atomic E-state index is 0.439. The summed E-state index contributed by atoms with van der Waals surface area (Å²) in [4.78, 5) is 9.39. The van der Waals surface area contributed by atoms with E-state index in [1.165, 1.54) is 12.8 Å². The molecule has 2 aromatic carbocycles. The SMILES string of the molecule is Clc1ccc(Nc2cc(-c3ccccc3)nc(NC3CCCC3)n2)cc1Cl. The van der Waals surface area contributed by atoms with Crippen LogP contribution in [0.3, 0.4) is 0 Å². The van der Waals surface area contributed by atoms with Crippen molar-refractivity contribution < 1.29 is 0 Å². The topological polar surface area (TPSA) is 49.8 Å². The summed E-state index contributed by atoms with van der Waals surface area (Å²) in [6.07, 6.45) is 4.83. The molecular formula is C21H20Cl2N4. The zero-order valence-corrected chi connectivity index (χ0v) is 16.3. The van der Waals surface area contributed by atoms with Gasteiger partial charge < -0.3 is 10.6 Å². The van der Waals surface area contributed by atoms with E-state index in [0.29, 0.717) is 27.9 Å². The van der Waals surface area contributed by atoms with E-state index in [1.807, 2.05) is 42.5 Å². The molecule has 0 aliphatic heterocycles. The number of aromatic nitrogens is 2. The van der Waals surface area contributed by atoms with E-state index in [2.05, 4.69) is 15.6 Å². The highest BCUT2D eigenvalue weighted by molar-refractivity contribution is 6.42. The van der Waals surface area contributed by atoms with Gasteiger partial charge in [0.1, 0.15) is 5.82 Å². The van der Waals surface area contributed by atoms with Gasteiger partial charge in [0.05, 0.1) is 15.7 Å². The van der Waals surface area contributed by atoms with Crippen molar-refractivity contribution in [1.29, 1.82) is 0 Å². The molecule has 0 spiro atoms. The third-order valence-corrected chi connectivity index (χ3v) is 5.42. The Balaban J connectivity index is 1.67. The van der Waals surface area contributed by atoms with Crippen molar-refractivity contribution in [2.75, 3.05) is 10.6 Å². The Hall–Kier alpha value is -2.30. The van der Waals surface area contributed by atoms with Gasteiger partial charge in [-0.05, 0) is 31.0 Å². The van der Waals surface area contributed by atoms with Crippen molar-refractivity contribution in [2.24, 2.45) is 0 Å². The van der Waals surface area contributed by atoms with Crippen molar-refractivity contribution in [1.82, 2.24) is 9.97 Å². The molecule has 138 valence electrons. The number of hydrogen-bond donors (Lipinski definition) is 2. The third-order valence-electron chi connectivity index (χ3n) is 4.68. The van der Waals surface area contributed by atoms with Gasteiger partial charge in [0.25, 0.3) is 0 Å². The summed E-state index contributed by atoms with van der Waals surface area (Å²) in [5.74, 6) is 1.36. The molecule has 2 N–H and O–H groups in total. The number of hydrogen-bond acceptors (Lipinski definition) is 4. The summed E-state index contributed by atoms with van der Waals surface area (Å²) in [5, 5.41) is 7.83. The highest BCUT2D eigenvalue weighted by atomic mass is 35.5. The van der Waals surface area contributed by atoms with E-state index < -0.39 is 0 Å². The molecule has 0 atom stereocenters. The minimum absolute atomic E-state index is 0.439. The maximum Gasteiger partial charge on any atom is 0.225 e. The lowest BCUT2D eigenvalue weighted by molar-refractivity contribution is 0.744. The second kappa shape index (κ2) is 8.15. The van der Waals surface area contributed by atoms with Gasteiger partial charge in [0.15, 0.2) is 0 Å². The van der Waals surface area contributed by atoms with E-state index >= 15 is 0 Å². The maximum absolute atomic E-state index is 6.13. The molecule has 0 unspecified atom stereocenters. The Morgan fingerprint density at radius 1 is 0.852 bits per heavy atom. The molecule has 1 saturated carbocycles. The van der Waals surface area contributed by atoms with Crippen LogP contribution < -0.4 is 10.6 Å². The molecule has 6 heteroatoms. The van der Waals surface area contributed by atoms with Gasteiger partial charge in [-0.1, -0.05) is 66.4 Å². The molecule has 4 nitrogen and oxygen atoms in total. The van der Waals surface area contributed by atoms with Crippen LogP contribution in [-0.4, -0.2) is 16.0 Å². The second-order valence-electron chi connectivity index (χ2n) is 6.71. The van der Waals surface area contributed by atoms with Gasteiger partial charge in [0, 0.05) is 23.4 Å². The molecule has 1 aliphatic carbocycles. The largest absolute Gasteiger partial charge is 0.351 e. The monoisotopic (exact) mass is 398 g/mol. The quantitative estimate of drug-likeness (QED) is 0.511. The number of rotatable bonds is 5. The lowest BCUT2D eigenvalue weighted by Gasteiger charge is -2.15. The number of nitrogens with one attached hydrogen (secondary N) is 2. The Bertz CT molecular complexity index is 925. The van der Waals surface area contributed by atoms with Crippen molar-refractivity contribution in [2.45, 2.75) is 31.7 Å². The van der Waals surface area contributed by atoms with Crippen molar-refractivity contribution in [3.63, 3.8) is 0 Å². The second-order valence-corrected chi connectivity index (χ2v) is 7.52. The summed E-state index contributed by atoms with van der Waals surface area (Å²) in [6.45, 7) is 0. The lowest BCUT2D eigenvalue weighted by atomic mass is 10.1. The van der Waals surface area contributed by atoms with Crippen LogP contribution in [0.5, 0.6) is 0 Å². The van der Waals surface area contributed by atoms with Crippen LogP contribution in [0.2, 0.25) is 10.0 Å². The van der Waals surface area contributed by atoms with Gasteiger partial charge in [-0.15, -0.1) is 0 Å². The van der Waals surface area contributed by atoms with Crippen molar-refractivity contribution >= 4 is 40.7 Å². The maximum atomic E-state index is 6.13. The van der Waals surface area contributed by atoms with Crippen LogP contribution in [-0.2, 0) is 0 Å². The summed E-state index contributed by atoms with van der Waals surface area (Å²) < 4.78 is 0. The molecule has 3 aromatic rings. The molecule has 1 heterocycles. The van der Waals surface area contributed by atoms with Gasteiger partial charge in [-0.25, -0.2) is 4.98 Å². The van der Waals surface area contributed by atoms with Crippen LogP contribution in [0.25, 0.3) is 11.3 Å². The van der Waals surface area contributed by atoms with Crippen LogP contribution in [0.4, 0.5) is 17.5 Å². The molecule has 1 aromatic heterocycles. The lowest BCUT2D eigenvalue weighted by Crippen LogP contribution is -2.17. The van der Waals surface area contributed by atoms with Crippen molar-refractivity contribution in [3.05, 3.63) is 64.6 Å². The molecular weight excluding hydrogens is 379 g/mol. The average molecular weight is 399 g/mol. The van der Waals surface area contributed by atoms with Crippen LogP contribution in [0, 0.1) is 0 Å². The summed E-state index contributed by atoms with van der Waals surface area (Å²) >= 11 is 12.1. The first-order chi connectivity index (χ1) is 13.2. The fraction of sp³-hybridized carbons (Fsp3) is 0.238. The normalized spacial score (nSPS) is 14.3. The predicted octanol–water partition coefficient (Wildman–Crippen LogP) is 6.55. The first kappa shape index (κ1) is 18.1. The van der Waals surface area contributed by atoms with E-state index in [9.17, 15) is 0 Å².